The van der Waals surface area contributed by atoms with Crippen LogP contribution in [0.2, 0.25) is 0 Å². The molecule has 0 radical (unpaired) electrons. The van der Waals surface area contributed by atoms with Gasteiger partial charge in [-0.25, -0.2) is 8.42 Å². The zero-order chi connectivity index (χ0) is 17.7. The number of carbonyl (C=O) groups excluding carboxylic acids is 1. The van der Waals surface area contributed by atoms with E-state index in [1.165, 1.54) is 24.8 Å². The molecule has 2 saturated heterocycles. The number of carbonyl (C=O) groups is 1. The van der Waals surface area contributed by atoms with E-state index in [9.17, 15) is 13.2 Å². The fourth-order valence-corrected chi connectivity index (χ4v) is 5.67. The van der Waals surface area contributed by atoms with Gasteiger partial charge in [-0.05, 0) is 49.4 Å². The van der Waals surface area contributed by atoms with E-state index in [1.807, 2.05) is 12.1 Å². The van der Waals surface area contributed by atoms with Crippen LogP contribution in [0.15, 0.2) is 24.3 Å². The molecular weight excluding hydrogens is 336 g/mol. The lowest BCUT2D eigenvalue weighted by Gasteiger charge is -2.27. The Morgan fingerprint density at radius 1 is 1.12 bits per heavy atom. The van der Waals surface area contributed by atoms with Crippen molar-refractivity contribution in [2.75, 3.05) is 24.6 Å². The second-order valence-electron chi connectivity index (χ2n) is 7.36. The highest BCUT2D eigenvalue weighted by Gasteiger charge is 2.29. The van der Waals surface area contributed by atoms with Crippen LogP contribution in [0.25, 0.3) is 0 Å². The molecule has 1 aromatic carbocycles. The van der Waals surface area contributed by atoms with Crippen LogP contribution in [0.5, 0.6) is 0 Å². The first-order valence-electron chi connectivity index (χ1n) is 9.28. The molecule has 0 aromatic heterocycles. The van der Waals surface area contributed by atoms with E-state index in [0.29, 0.717) is 19.4 Å². The van der Waals surface area contributed by atoms with Gasteiger partial charge in [0.15, 0.2) is 9.84 Å². The van der Waals surface area contributed by atoms with Gasteiger partial charge in [0.1, 0.15) is 0 Å². The van der Waals surface area contributed by atoms with Gasteiger partial charge in [0.05, 0.1) is 11.5 Å². The van der Waals surface area contributed by atoms with Gasteiger partial charge in [-0.15, -0.1) is 0 Å². The minimum absolute atomic E-state index is 0.0198. The fraction of sp³-hybridized carbons (Fsp3) is 0.632. The van der Waals surface area contributed by atoms with Gasteiger partial charge in [0.2, 0.25) is 5.91 Å². The smallest absolute Gasteiger partial charge is 0.220 e. The second kappa shape index (κ2) is 8.32. The third-order valence-corrected chi connectivity index (χ3v) is 7.07. The highest BCUT2D eigenvalue weighted by molar-refractivity contribution is 7.91. The van der Waals surface area contributed by atoms with Crippen molar-refractivity contribution in [1.29, 1.82) is 0 Å². The van der Waals surface area contributed by atoms with Gasteiger partial charge >= 0.3 is 0 Å². The summed E-state index contributed by atoms with van der Waals surface area (Å²) < 4.78 is 23.0. The summed E-state index contributed by atoms with van der Waals surface area (Å²) in [5, 5.41) is 2.98. The van der Waals surface area contributed by atoms with Crippen molar-refractivity contribution in [3.8, 4) is 0 Å². The Hall–Kier alpha value is -1.40. The molecule has 3 rings (SSSR count). The standard InChI is InChI=1S/C19H28N2O3S/c22-19(12-16-8-11-25(23,24)15-16)20-13-17-6-2-3-7-18(17)14-21-9-4-1-5-10-21/h2-3,6-7,16H,1,4-5,8-15H2,(H,20,22). The Bertz CT molecular complexity index is 696. The van der Waals surface area contributed by atoms with E-state index >= 15 is 0 Å². The first-order chi connectivity index (χ1) is 12.0. The summed E-state index contributed by atoms with van der Waals surface area (Å²) in [6.07, 6.45) is 4.78. The number of hydrogen-bond donors (Lipinski definition) is 1. The van der Waals surface area contributed by atoms with E-state index in [1.54, 1.807) is 0 Å². The summed E-state index contributed by atoms with van der Waals surface area (Å²) in [6.45, 7) is 3.75. The zero-order valence-corrected chi connectivity index (χ0v) is 15.6. The maximum absolute atomic E-state index is 12.2. The maximum atomic E-state index is 12.2. The fourth-order valence-electron chi connectivity index (χ4n) is 3.80. The summed E-state index contributed by atoms with van der Waals surface area (Å²) >= 11 is 0. The molecule has 6 heteroatoms. The Balaban J connectivity index is 1.51. The van der Waals surface area contributed by atoms with Crippen LogP contribution >= 0.6 is 0 Å². The number of likely N-dealkylation sites (tertiary alicyclic amines) is 1. The number of hydrogen-bond acceptors (Lipinski definition) is 4. The van der Waals surface area contributed by atoms with E-state index in [0.717, 1.165) is 25.2 Å². The predicted molar refractivity (Wildman–Crippen MR) is 98.8 cm³/mol. The third kappa shape index (κ3) is 5.54. The minimum atomic E-state index is -2.92. The summed E-state index contributed by atoms with van der Waals surface area (Å²) in [5.74, 6) is 0.318. The van der Waals surface area contributed by atoms with Crippen LogP contribution in [0.1, 0.15) is 43.2 Å². The van der Waals surface area contributed by atoms with Crippen LogP contribution < -0.4 is 5.32 Å². The zero-order valence-electron chi connectivity index (χ0n) is 14.7. The molecule has 25 heavy (non-hydrogen) atoms. The van der Waals surface area contributed by atoms with E-state index in [2.05, 4.69) is 22.3 Å². The lowest BCUT2D eigenvalue weighted by atomic mass is 10.0. The molecule has 1 atom stereocenters. The average Bonchev–Trinajstić information content (AvgIpc) is 2.93. The number of nitrogens with one attached hydrogen (secondary N) is 1. The first-order valence-corrected chi connectivity index (χ1v) is 11.1. The number of benzene rings is 1. The summed E-state index contributed by atoms with van der Waals surface area (Å²) in [6, 6.07) is 8.26. The Kier molecular flexibility index (Phi) is 6.12. The Morgan fingerprint density at radius 2 is 1.84 bits per heavy atom. The van der Waals surface area contributed by atoms with Gasteiger partial charge in [-0.2, -0.15) is 0 Å². The van der Waals surface area contributed by atoms with Gasteiger partial charge in [-0.3, -0.25) is 9.69 Å². The number of nitrogens with zero attached hydrogens (tertiary/aromatic N) is 1. The number of amides is 1. The molecule has 2 fully saturated rings. The van der Waals surface area contributed by atoms with Crippen LogP contribution in [0, 0.1) is 5.92 Å². The quantitative estimate of drug-likeness (QED) is 0.840. The molecular formula is C19H28N2O3S. The molecule has 0 saturated carbocycles. The van der Waals surface area contributed by atoms with Gasteiger partial charge in [0, 0.05) is 19.5 Å². The van der Waals surface area contributed by atoms with E-state index < -0.39 is 9.84 Å². The molecule has 138 valence electrons. The van der Waals surface area contributed by atoms with Crippen molar-refractivity contribution >= 4 is 15.7 Å². The average molecular weight is 365 g/mol. The summed E-state index contributed by atoms with van der Waals surface area (Å²) in [5.41, 5.74) is 2.42. The lowest BCUT2D eigenvalue weighted by molar-refractivity contribution is -0.122. The molecule has 1 unspecified atom stereocenters. The normalized spacial score (nSPS) is 23.4. The predicted octanol–water partition coefficient (Wildman–Crippen LogP) is 2.11. The topological polar surface area (TPSA) is 66.5 Å². The van der Waals surface area contributed by atoms with E-state index in [-0.39, 0.29) is 23.3 Å². The molecule has 1 aromatic rings. The molecule has 0 bridgehead atoms. The van der Waals surface area contributed by atoms with E-state index in [4.69, 9.17) is 0 Å². The summed E-state index contributed by atoms with van der Waals surface area (Å²) in [4.78, 5) is 14.6. The lowest BCUT2D eigenvalue weighted by Crippen LogP contribution is -2.30. The van der Waals surface area contributed by atoms with Crippen molar-refractivity contribution in [1.82, 2.24) is 10.2 Å². The SMILES string of the molecule is O=C(CC1CCS(=O)(=O)C1)NCc1ccccc1CN1CCCCC1. The van der Waals surface area contributed by atoms with Gasteiger partial charge in [0.25, 0.3) is 0 Å². The molecule has 2 heterocycles. The molecule has 0 spiro atoms. The number of piperidine rings is 1. The third-order valence-electron chi connectivity index (χ3n) is 5.24. The Labute approximate surface area is 150 Å². The maximum Gasteiger partial charge on any atom is 0.220 e. The second-order valence-corrected chi connectivity index (χ2v) is 9.58. The van der Waals surface area contributed by atoms with Crippen LogP contribution in [-0.2, 0) is 27.7 Å². The largest absolute Gasteiger partial charge is 0.352 e. The molecule has 2 aliphatic rings. The molecule has 2 aliphatic heterocycles. The number of rotatable bonds is 6. The Morgan fingerprint density at radius 3 is 2.52 bits per heavy atom. The molecule has 1 amide bonds. The van der Waals surface area contributed by atoms with Gasteiger partial charge < -0.3 is 5.32 Å². The van der Waals surface area contributed by atoms with Gasteiger partial charge in [-0.1, -0.05) is 30.7 Å². The highest BCUT2D eigenvalue weighted by Crippen LogP contribution is 2.21. The van der Waals surface area contributed by atoms with Crippen molar-refractivity contribution in [3.05, 3.63) is 35.4 Å². The van der Waals surface area contributed by atoms with Crippen molar-refractivity contribution in [2.45, 2.75) is 45.2 Å². The highest BCUT2D eigenvalue weighted by atomic mass is 32.2. The van der Waals surface area contributed by atoms with Crippen molar-refractivity contribution in [2.24, 2.45) is 5.92 Å². The van der Waals surface area contributed by atoms with Crippen LogP contribution in [0.3, 0.4) is 0 Å². The van der Waals surface area contributed by atoms with Crippen LogP contribution in [-0.4, -0.2) is 43.8 Å². The molecule has 5 nitrogen and oxygen atoms in total. The van der Waals surface area contributed by atoms with Crippen molar-refractivity contribution in [3.63, 3.8) is 0 Å². The summed E-state index contributed by atoms with van der Waals surface area (Å²) in [7, 11) is -2.92. The molecule has 0 aliphatic carbocycles. The number of sulfone groups is 1. The molecule has 1 N–H and O–H groups in total. The minimum Gasteiger partial charge on any atom is -0.352 e. The monoisotopic (exact) mass is 364 g/mol. The first kappa shape index (κ1) is 18.4. The van der Waals surface area contributed by atoms with Crippen LogP contribution in [0.4, 0.5) is 0 Å². The van der Waals surface area contributed by atoms with Crippen molar-refractivity contribution < 1.29 is 13.2 Å².